The maximum atomic E-state index is 12.3. The number of β-amino-alcohol motifs (C(OH)–C–C–N with tert-alkyl or cyclic N) is 1. The molecule has 1 heterocycles. The lowest BCUT2D eigenvalue weighted by Gasteiger charge is -2.31. The molecular formula is C12H20N2O4. The number of nitrogens with zero attached hydrogens (tertiary/aromatic N) is 2. The van der Waals surface area contributed by atoms with E-state index in [9.17, 15) is 14.7 Å². The van der Waals surface area contributed by atoms with Crippen LogP contribution in [0.4, 0.5) is 4.79 Å². The van der Waals surface area contributed by atoms with E-state index in [0.29, 0.717) is 19.5 Å². The van der Waals surface area contributed by atoms with E-state index in [0.717, 1.165) is 25.7 Å². The van der Waals surface area contributed by atoms with E-state index in [1.807, 2.05) is 0 Å². The number of rotatable bonds is 3. The maximum absolute atomic E-state index is 12.3. The molecule has 1 unspecified atom stereocenters. The molecule has 2 rings (SSSR count). The third kappa shape index (κ3) is 2.93. The predicted octanol–water partition coefficient (Wildman–Crippen LogP) is 0.502. The zero-order chi connectivity index (χ0) is 13.1. The van der Waals surface area contributed by atoms with E-state index in [-0.39, 0.29) is 18.6 Å². The van der Waals surface area contributed by atoms with Crippen molar-refractivity contribution in [1.82, 2.24) is 9.80 Å². The van der Waals surface area contributed by atoms with Gasteiger partial charge in [-0.25, -0.2) is 4.79 Å². The Bertz CT molecular complexity index is 328. The summed E-state index contributed by atoms with van der Waals surface area (Å²) in [6.07, 6.45) is 3.99. The van der Waals surface area contributed by atoms with Gasteiger partial charge in [-0.2, -0.15) is 0 Å². The number of carboxylic acids is 1. The van der Waals surface area contributed by atoms with Crippen LogP contribution in [-0.4, -0.2) is 63.8 Å². The summed E-state index contributed by atoms with van der Waals surface area (Å²) < 4.78 is 0. The number of carbonyl (C=O) groups excluding carboxylic acids is 1. The molecule has 0 radical (unpaired) electrons. The average molecular weight is 256 g/mol. The number of aliphatic carboxylic acids is 1. The molecule has 0 aromatic carbocycles. The molecule has 102 valence electrons. The highest BCUT2D eigenvalue weighted by atomic mass is 16.4. The molecule has 2 aliphatic rings. The number of carboxylic acid groups (broad SMARTS) is 1. The van der Waals surface area contributed by atoms with Gasteiger partial charge in [0, 0.05) is 19.1 Å². The Balaban J connectivity index is 2.02. The van der Waals surface area contributed by atoms with Crippen LogP contribution in [0, 0.1) is 0 Å². The van der Waals surface area contributed by atoms with Crippen molar-refractivity contribution in [2.45, 2.75) is 44.2 Å². The standard InChI is InChI=1S/C12H20N2O4/c15-10-5-6-13(7-10)12(18)14(8-11(16)17)9-3-1-2-4-9/h9-10,15H,1-8H2,(H,16,17). The second-order valence-corrected chi connectivity index (χ2v) is 5.13. The molecule has 18 heavy (non-hydrogen) atoms. The van der Waals surface area contributed by atoms with E-state index in [2.05, 4.69) is 0 Å². The third-order valence-electron chi connectivity index (χ3n) is 3.75. The predicted molar refractivity (Wildman–Crippen MR) is 64.2 cm³/mol. The second-order valence-electron chi connectivity index (χ2n) is 5.13. The normalized spacial score (nSPS) is 24.5. The minimum absolute atomic E-state index is 0.0475. The van der Waals surface area contributed by atoms with Gasteiger partial charge in [-0.3, -0.25) is 4.79 Å². The van der Waals surface area contributed by atoms with E-state index in [1.54, 1.807) is 4.90 Å². The van der Waals surface area contributed by atoms with Crippen LogP contribution in [0.1, 0.15) is 32.1 Å². The summed E-state index contributed by atoms with van der Waals surface area (Å²) in [5.41, 5.74) is 0. The molecule has 0 aromatic rings. The lowest BCUT2D eigenvalue weighted by molar-refractivity contribution is -0.138. The summed E-state index contributed by atoms with van der Waals surface area (Å²) in [6.45, 7) is 0.598. The molecule has 0 spiro atoms. The van der Waals surface area contributed by atoms with Gasteiger partial charge >= 0.3 is 12.0 Å². The fraction of sp³-hybridized carbons (Fsp3) is 0.833. The van der Waals surface area contributed by atoms with Crippen LogP contribution in [0.3, 0.4) is 0 Å². The van der Waals surface area contributed by atoms with Gasteiger partial charge in [0.2, 0.25) is 0 Å². The van der Waals surface area contributed by atoms with Gasteiger partial charge in [-0.05, 0) is 19.3 Å². The molecule has 2 amide bonds. The molecule has 6 nitrogen and oxygen atoms in total. The molecule has 1 saturated heterocycles. The first-order valence-corrected chi connectivity index (χ1v) is 6.53. The van der Waals surface area contributed by atoms with Crippen molar-refractivity contribution in [3.63, 3.8) is 0 Å². The van der Waals surface area contributed by atoms with Crippen molar-refractivity contribution in [1.29, 1.82) is 0 Å². The molecule has 1 atom stereocenters. The number of hydrogen-bond donors (Lipinski definition) is 2. The number of hydrogen-bond acceptors (Lipinski definition) is 3. The Hall–Kier alpha value is -1.30. The fourth-order valence-corrected chi connectivity index (χ4v) is 2.81. The number of amides is 2. The van der Waals surface area contributed by atoms with Gasteiger partial charge in [-0.1, -0.05) is 12.8 Å². The monoisotopic (exact) mass is 256 g/mol. The lowest BCUT2D eigenvalue weighted by Crippen LogP contribution is -2.49. The van der Waals surface area contributed by atoms with Crippen molar-refractivity contribution in [3.8, 4) is 0 Å². The van der Waals surface area contributed by atoms with Crippen LogP contribution in [0.15, 0.2) is 0 Å². The Morgan fingerprint density at radius 2 is 1.89 bits per heavy atom. The van der Waals surface area contributed by atoms with E-state index >= 15 is 0 Å². The first-order chi connectivity index (χ1) is 8.58. The number of aliphatic hydroxyl groups excluding tert-OH is 1. The van der Waals surface area contributed by atoms with Gasteiger partial charge in [0.05, 0.1) is 6.10 Å². The molecule has 2 fully saturated rings. The first kappa shape index (κ1) is 13.1. The number of carbonyl (C=O) groups is 2. The van der Waals surface area contributed by atoms with Crippen molar-refractivity contribution in [2.75, 3.05) is 19.6 Å². The van der Waals surface area contributed by atoms with Crippen molar-refractivity contribution in [2.24, 2.45) is 0 Å². The smallest absolute Gasteiger partial charge is 0.323 e. The van der Waals surface area contributed by atoms with Crippen LogP contribution >= 0.6 is 0 Å². The maximum Gasteiger partial charge on any atom is 0.323 e. The zero-order valence-electron chi connectivity index (χ0n) is 10.4. The van der Waals surface area contributed by atoms with Crippen LogP contribution in [0.25, 0.3) is 0 Å². The van der Waals surface area contributed by atoms with Gasteiger partial charge in [0.1, 0.15) is 6.54 Å². The largest absolute Gasteiger partial charge is 0.480 e. The summed E-state index contributed by atoms with van der Waals surface area (Å²) in [4.78, 5) is 26.2. The molecular weight excluding hydrogens is 236 g/mol. The minimum atomic E-state index is -0.977. The van der Waals surface area contributed by atoms with Crippen molar-refractivity contribution < 1.29 is 19.8 Å². The van der Waals surface area contributed by atoms with Crippen LogP contribution in [0.2, 0.25) is 0 Å². The Morgan fingerprint density at radius 1 is 1.22 bits per heavy atom. The molecule has 1 aliphatic carbocycles. The quantitative estimate of drug-likeness (QED) is 0.770. The molecule has 0 aromatic heterocycles. The molecule has 2 N–H and O–H groups in total. The third-order valence-corrected chi connectivity index (χ3v) is 3.75. The topological polar surface area (TPSA) is 81.1 Å². The van der Waals surface area contributed by atoms with Crippen LogP contribution in [0.5, 0.6) is 0 Å². The SMILES string of the molecule is O=C(O)CN(C(=O)N1CCC(O)C1)C1CCCC1. The zero-order valence-corrected chi connectivity index (χ0v) is 10.4. The second kappa shape index (κ2) is 5.56. The van der Waals surface area contributed by atoms with E-state index in [1.165, 1.54) is 4.90 Å². The highest BCUT2D eigenvalue weighted by molar-refractivity contribution is 5.80. The Labute approximate surface area is 106 Å². The fourth-order valence-electron chi connectivity index (χ4n) is 2.81. The Morgan fingerprint density at radius 3 is 2.39 bits per heavy atom. The van der Waals surface area contributed by atoms with Crippen molar-refractivity contribution >= 4 is 12.0 Å². The van der Waals surface area contributed by atoms with Crippen LogP contribution < -0.4 is 0 Å². The summed E-state index contributed by atoms with van der Waals surface area (Å²) in [7, 11) is 0. The summed E-state index contributed by atoms with van der Waals surface area (Å²) >= 11 is 0. The van der Waals surface area contributed by atoms with Gasteiger partial charge < -0.3 is 20.0 Å². The molecule has 1 aliphatic heterocycles. The van der Waals surface area contributed by atoms with Crippen LogP contribution in [-0.2, 0) is 4.79 Å². The van der Waals surface area contributed by atoms with Gasteiger partial charge in [0.25, 0.3) is 0 Å². The Kier molecular flexibility index (Phi) is 4.06. The number of urea groups is 1. The highest BCUT2D eigenvalue weighted by Gasteiger charge is 2.34. The van der Waals surface area contributed by atoms with Gasteiger partial charge in [0.15, 0.2) is 0 Å². The van der Waals surface area contributed by atoms with Crippen molar-refractivity contribution in [3.05, 3.63) is 0 Å². The molecule has 1 saturated carbocycles. The minimum Gasteiger partial charge on any atom is -0.480 e. The number of likely N-dealkylation sites (tertiary alicyclic amines) is 1. The summed E-state index contributed by atoms with van der Waals surface area (Å²) in [5.74, 6) is -0.977. The molecule has 0 bridgehead atoms. The average Bonchev–Trinajstić information content (AvgIpc) is 2.95. The van der Waals surface area contributed by atoms with E-state index < -0.39 is 12.1 Å². The number of aliphatic hydroxyl groups is 1. The first-order valence-electron chi connectivity index (χ1n) is 6.53. The molecule has 6 heteroatoms. The summed E-state index contributed by atoms with van der Waals surface area (Å²) in [6, 6.07) is -0.188. The lowest BCUT2D eigenvalue weighted by atomic mass is 10.2. The summed E-state index contributed by atoms with van der Waals surface area (Å²) in [5, 5.41) is 18.4. The van der Waals surface area contributed by atoms with E-state index in [4.69, 9.17) is 5.11 Å². The highest BCUT2D eigenvalue weighted by Crippen LogP contribution is 2.25. The van der Waals surface area contributed by atoms with Gasteiger partial charge in [-0.15, -0.1) is 0 Å².